The summed E-state index contributed by atoms with van der Waals surface area (Å²) < 4.78 is 0. The maximum absolute atomic E-state index is 11.8. The largest absolute Gasteiger partial charge is 0.480 e. The second-order valence-electron chi connectivity index (χ2n) is 4.04. The van der Waals surface area contributed by atoms with Crippen LogP contribution in [0.5, 0.6) is 0 Å². The molecule has 0 aliphatic rings. The lowest BCUT2D eigenvalue weighted by molar-refractivity contribution is -0.140. The summed E-state index contributed by atoms with van der Waals surface area (Å²) in [6.45, 7) is 3.47. The first kappa shape index (κ1) is 13.5. The zero-order valence-electron chi connectivity index (χ0n) is 9.61. The summed E-state index contributed by atoms with van der Waals surface area (Å²) in [5.41, 5.74) is 0.351. The van der Waals surface area contributed by atoms with E-state index >= 15 is 0 Å². The molecule has 0 aliphatic heterocycles. The minimum absolute atomic E-state index is 0.185. The fourth-order valence-corrected chi connectivity index (χ4v) is 1.56. The predicted molar refractivity (Wildman–Crippen MR) is 65.2 cm³/mol. The van der Waals surface area contributed by atoms with Crippen molar-refractivity contribution in [1.29, 1.82) is 0 Å². The van der Waals surface area contributed by atoms with Crippen molar-refractivity contribution >= 4 is 23.5 Å². The van der Waals surface area contributed by atoms with Crippen molar-refractivity contribution in [2.45, 2.75) is 19.9 Å². The summed E-state index contributed by atoms with van der Waals surface area (Å²) in [7, 11) is 0. The number of amides is 1. The quantitative estimate of drug-likeness (QED) is 0.867. The third-order valence-corrected chi connectivity index (χ3v) is 2.54. The molecule has 5 heteroatoms. The number of halogens is 1. The molecular formula is C12H14ClNO3. The molecule has 1 amide bonds. The Balaban J connectivity index is 2.81. The van der Waals surface area contributed by atoms with Gasteiger partial charge in [0.1, 0.15) is 6.04 Å². The summed E-state index contributed by atoms with van der Waals surface area (Å²) in [4.78, 5) is 22.7. The summed E-state index contributed by atoms with van der Waals surface area (Å²) in [5, 5.41) is 11.9. The Morgan fingerprint density at radius 2 is 2.00 bits per heavy atom. The number of carbonyl (C=O) groups is 2. The Kier molecular flexibility index (Phi) is 4.52. The highest BCUT2D eigenvalue weighted by molar-refractivity contribution is 6.30. The van der Waals surface area contributed by atoms with Gasteiger partial charge in [0, 0.05) is 10.6 Å². The molecule has 0 spiro atoms. The molecule has 4 nitrogen and oxygen atoms in total. The molecule has 0 saturated heterocycles. The molecule has 1 aromatic rings. The second-order valence-corrected chi connectivity index (χ2v) is 4.48. The van der Waals surface area contributed by atoms with E-state index < -0.39 is 17.9 Å². The van der Waals surface area contributed by atoms with E-state index in [0.717, 1.165) is 0 Å². The van der Waals surface area contributed by atoms with Gasteiger partial charge >= 0.3 is 5.97 Å². The molecule has 17 heavy (non-hydrogen) atoms. The first-order valence-electron chi connectivity index (χ1n) is 5.21. The number of carbonyl (C=O) groups excluding carboxylic acids is 1. The zero-order valence-corrected chi connectivity index (χ0v) is 10.4. The Morgan fingerprint density at radius 1 is 1.35 bits per heavy atom. The fraction of sp³-hybridized carbons (Fsp3) is 0.333. The minimum atomic E-state index is -1.05. The monoisotopic (exact) mass is 255 g/mol. The highest BCUT2D eigenvalue weighted by Gasteiger charge is 2.23. The maximum Gasteiger partial charge on any atom is 0.326 e. The van der Waals surface area contributed by atoms with Crippen molar-refractivity contribution in [3.05, 3.63) is 34.9 Å². The highest BCUT2D eigenvalue weighted by Crippen LogP contribution is 2.11. The normalized spacial score (nSPS) is 12.2. The Morgan fingerprint density at radius 3 is 2.47 bits per heavy atom. The van der Waals surface area contributed by atoms with Crippen LogP contribution >= 0.6 is 11.6 Å². The van der Waals surface area contributed by atoms with E-state index in [1.165, 1.54) is 6.07 Å². The topological polar surface area (TPSA) is 66.4 Å². The van der Waals surface area contributed by atoms with Crippen LogP contribution in [-0.4, -0.2) is 23.0 Å². The number of benzene rings is 1. The number of carboxylic acids is 1. The van der Waals surface area contributed by atoms with Crippen LogP contribution in [0.3, 0.4) is 0 Å². The molecule has 1 unspecified atom stereocenters. The van der Waals surface area contributed by atoms with Crippen molar-refractivity contribution in [2.75, 3.05) is 0 Å². The zero-order chi connectivity index (χ0) is 13.0. The predicted octanol–water partition coefficient (Wildman–Crippen LogP) is 2.18. The number of hydrogen-bond donors (Lipinski definition) is 2. The van der Waals surface area contributed by atoms with Crippen LogP contribution in [0, 0.1) is 5.92 Å². The summed E-state index contributed by atoms with van der Waals surface area (Å²) >= 11 is 5.75. The molecule has 92 valence electrons. The van der Waals surface area contributed by atoms with Gasteiger partial charge in [-0.2, -0.15) is 0 Å². The molecule has 0 heterocycles. The van der Waals surface area contributed by atoms with E-state index in [1.807, 2.05) is 0 Å². The van der Waals surface area contributed by atoms with E-state index in [-0.39, 0.29) is 5.92 Å². The van der Waals surface area contributed by atoms with Gasteiger partial charge in [-0.1, -0.05) is 31.5 Å². The second kappa shape index (κ2) is 5.68. The van der Waals surface area contributed by atoms with Gasteiger partial charge in [0.05, 0.1) is 0 Å². The van der Waals surface area contributed by atoms with Crippen molar-refractivity contribution in [3.8, 4) is 0 Å². The van der Waals surface area contributed by atoms with Gasteiger partial charge < -0.3 is 10.4 Å². The molecule has 1 rings (SSSR count). The number of nitrogens with one attached hydrogen (secondary N) is 1. The van der Waals surface area contributed by atoms with E-state index in [2.05, 4.69) is 5.32 Å². The van der Waals surface area contributed by atoms with E-state index in [1.54, 1.807) is 32.0 Å². The van der Waals surface area contributed by atoms with Crippen molar-refractivity contribution in [3.63, 3.8) is 0 Å². The third kappa shape index (κ3) is 3.75. The van der Waals surface area contributed by atoms with Crippen LogP contribution in [-0.2, 0) is 4.79 Å². The smallest absolute Gasteiger partial charge is 0.326 e. The average molecular weight is 256 g/mol. The van der Waals surface area contributed by atoms with Crippen molar-refractivity contribution in [1.82, 2.24) is 5.32 Å². The fourth-order valence-electron chi connectivity index (χ4n) is 1.37. The first-order valence-corrected chi connectivity index (χ1v) is 5.59. The first-order chi connectivity index (χ1) is 7.91. The highest BCUT2D eigenvalue weighted by atomic mass is 35.5. The van der Waals surface area contributed by atoms with E-state index in [0.29, 0.717) is 10.6 Å². The molecule has 1 aromatic carbocycles. The van der Waals surface area contributed by atoms with E-state index in [9.17, 15) is 9.59 Å². The van der Waals surface area contributed by atoms with Crippen LogP contribution in [0.1, 0.15) is 24.2 Å². The molecule has 2 N–H and O–H groups in total. The molecule has 1 atom stereocenters. The van der Waals surface area contributed by atoms with E-state index in [4.69, 9.17) is 16.7 Å². The summed E-state index contributed by atoms with van der Waals surface area (Å²) in [6, 6.07) is 5.47. The van der Waals surface area contributed by atoms with Gasteiger partial charge in [0.2, 0.25) is 0 Å². The number of rotatable bonds is 4. The van der Waals surface area contributed by atoms with Gasteiger partial charge in [0.25, 0.3) is 5.91 Å². The van der Waals surface area contributed by atoms with Gasteiger partial charge in [-0.15, -0.1) is 0 Å². The molecule has 0 aliphatic carbocycles. The number of carboxylic acid groups (broad SMARTS) is 1. The third-order valence-electron chi connectivity index (χ3n) is 2.31. The Labute approximate surface area is 105 Å². The molecule has 0 radical (unpaired) electrons. The number of hydrogen-bond acceptors (Lipinski definition) is 2. The minimum Gasteiger partial charge on any atom is -0.480 e. The molecule has 0 saturated carbocycles. The molecule has 0 aromatic heterocycles. The lowest BCUT2D eigenvalue weighted by atomic mass is 10.0. The summed E-state index contributed by atoms with van der Waals surface area (Å²) in [6.07, 6.45) is 0. The lowest BCUT2D eigenvalue weighted by Gasteiger charge is -2.17. The molecule has 0 fully saturated rings. The Bertz CT molecular complexity index is 432. The Hall–Kier alpha value is -1.55. The van der Waals surface area contributed by atoms with Gasteiger partial charge in [-0.05, 0) is 24.1 Å². The van der Waals surface area contributed by atoms with Crippen LogP contribution in [0.25, 0.3) is 0 Å². The molecule has 0 bridgehead atoms. The van der Waals surface area contributed by atoms with Gasteiger partial charge in [-0.3, -0.25) is 4.79 Å². The van der Waals surface area contributed by atoms with Crippen LogP contribution in [0.15, 0.2) is 24.3 Å². The van der Waals surface area contributed by atoms with Crippen LogP contribution in [0.4, 0.5) is 0 Å². The molecular weight excluding hydrogens is 242 g/mol. The van der Waals surface area contributed by atoms with Gasteiger partial charge in [-0.25, -0.2) is 4.79 Å². The summed E-state index contributed by atoms with van der Waals surface area (Å²) in [5.74, 6) is -1.67. The van der Waals surface area contributed by atoms with Crippen LogP contribution in [0.2, 0.25) is 5.02 Å². The maximum atomic E-state index is 11.8. The number of aliphatic carboxylic acids is 1. The van der Waals surface area contributed by atoms with Crippen molar-refractivity contribution in [2.24, 2.45) is 5.92 Å². The van der Waals surface area contributed by atoms with Gasteiger partial charge in [0.15, 0.2) is 0 Å². The van der Waals surface area contributed by atoms with Crippen molar-refractivity contribution < 1.29 is 14.7 Å². The lowest BCUT2D eigenvalue weighted by Crippen LogP contribution is -2.44. The van der Waals surface area contributed by atoms with Crippen LogP contribution < -0.4 is 5.32 Å². The SMILES string of the molecule is CC(C)C(NC(=O)c1cccc(Cl)c1)C(=O)O. The average Bonchev–Trinajstić information content (AvgIpc) is 2.24. The standard InChI is InChI=1S/C12H14ClNO3/c1-7(2)10(12(16)17)14-11(15)8-4-3-5-9(13)6-8/h3-7,10H,1-2H3,(H,14,15)(H,16,17).